The molecule has 0 aromatic heterocycles. The molecule has 0 aliphatic rings. The Balaban J connectivity index is 0. The van der Waals surface area contributed by atoms with Crippen molar-refractivity contribution in [3.8, 4) is 0 Å². The first-order valence-corrected chi connectivity index (χ1v) is 7.99. The molecule has 0 fully saturated rings. The zero-order chi connectivity index (χ0) is 4.00. The first-order chi connectivity index (χ1) is 2.00. The molecule has 0 aromatic rings. The Morgan fingerprint density at radius 3 is 1.25 bits per heavy atom. The summed E-state index contributed by atoms with van der Waals surface area (Å²) in [4.78, 5) is 0. The number of hydrogen-bond donors (Lipinski definition) is 0. The van der Waals surface area contributed by atoms with E-state index in [2.05, 4.69) is 37.4 Å². The van der Waals surface area contributed by atoms with Gasteiger partial charge in [0.05, 0.1) is 0 Å². The maximum atomic E-state index is 4.25. The molecule has 0 N–H and O–H groups in total. The average Bonchev–Trinajstić information content (AvgIpc) is 1.50. The minimum atomic E-state index is 0.733. The average molecular weight is 284 g/mol. The predicted octanol–water partition coefficient (Wildman–Crippen LogP) is 1.29. The van der Waals surface area contributed by atoms with E-state index in [9.17, 15) is 0 Å². The molecule has 0 aromatic carbocycles. The summed E-state index contributed by atoms with van der Waals surface area (Å²) in [5, 5.41) is 0. The second-order valence-corrected chi connectivity index (χ2v) is 0. The number of hydrogen-bond acceptors (Lipinski definition) is 2. The molecule has 0 heterocycles. The van der Waals surface area contributed by atoms with Crippen LogP contribution in [0, 0.1) is 0 Å². The molecule has 0 aliphatic heterocycles. The van der Waals surface area contributed by atoms with Crippen molar-refractivity contribution in [3.63, 3.8) is 0 Å². The van der Waals surface area contributed by atoms with Crippen molar-refractivity contribution in [2.75, 3.05) is 0 Å². The van der Waals surface area contributed by atoms with Gasteiger partial charge in [0.15, 0.2) is 0 Å². The van der Waals surface area contributed by atoms with Crippen molar-refractivity contribution >= 4 is 18.2 Å². The fourth-order valence-electron chi connectivity index (χ4n) is 0. The SMILES string of the molecule is [S]=[Ag].[S]=[Cd]. The third kappa shape index (κ3) is 8.93. The summed E-state index contributed by atoms with van der Waals surface area (Å²) in [6, 6.07) is 0. The fourth-order valence-corrected chi connectivity index (χ4v) is 0. The molecule has 0 saturated heterocycles. The zero-order valence-corrected chi connectivity index (χ0v) is 8.98. The normalized spacial score (nSPS) is 3.00. The van der Waals surface area contributed by atoms with Crippen molar-refractivity contribution in [2.45, 2.75) is 0 Å². The van der Waals surface area contributed by atoms with E-state index in [1.165, 1.54) is 0 Å². The molecule has 0 nitrogen and oxygen atoms in total. The monoisotopic (exact) mass is 285 g/mol. The molecule has 4 heteroatoms. The van der Waals surface area contributed by atoms with Crippen LogP contribution in [0.2, 0.25) is 0 Å². The van der Waals surface area contributed by atoms with Crippen LogP contribution in [0.4, 0.5) is 0 Å². The summed E-state index contributed by atoms with van der Waals surface area (Å²) in [7, 11) is 8.15. The van der Waals surface area contributed by atoms with Crippen molar-refractivity contribution in [1.29, 1.82) is 0 Å². The Labute approximate surface area is 60.1 Å². The second-order valence-electron chi connectivity index (χ2n) is 0. The van der Waals surface area contributed by atoms with Crippen LogP contribution >= 0.6 is 18.2 Å². The van der Waals surface area contributed by atoms with Crippen molar-refractivity contribution in [2.24, 2.45) is 0 Å². The van der Waals surface area contributed by atoms with Gasteiger partial charge in [0.1, 0.15) is 0 Å². The van der Waals surface area contributed by atoms with Gasteiger partial charge in [0, 0.05) is 0 Å². The molecule has 0 bridgehead atoms. The van der Waals surface area contributed by atoms with Gasteiger partial charge in [-0.3, -0.25) is 0 Å². The molecule has 25 valence electrons. The molecule has 0 rings (SSSR count). The van der Waals surface area contributed by atoms with Crippen LogP contribution < -0.4 is 0 Å². The summed E-state index contributed by atoms with van der Waals surface area (Å²) in [5.41, 5.74) is 0. The van der Waals surface area contributed by atoms with Gasteiger partial charge >= 0.3 is 61.1 Å². The van der Waals surface area contributed by atoms with Crippen molar-refractivity contribution in [1.82, 2.24) is 0 Å². The molecule has 0 amide bonds. The van der Waals surface area contributed by atoms with Crippen LogP contribution in [0.25, 0.3) is 0 Å². The van der Waals surface area contributed by atoms with Gasteiger partial charge < -0.3 is 0 Å². The molecule has 0 aliphatic carbocycles. The third-order valence-electron chi connectivity index (χ3n) is 0. The molecule has 0 saturated carbocycles. The fraction of sp³-hybridized carbons (Fsp3) is 0. The summed E-state index contributed by atoms with van der Waals surface area (Å²) in [6.45, 7) is 0. The van der Waals surface area contributed by atoms with Gasteiger partial charge in [-0.1, -0.05) is 0 Å². The summed E-state index contributed by atoms with van der Waals surface area (Å²) in [5.74, 6) is 0. The van der Waals surface area contributed by atoms with E-state index < -0.39 is 0 Å². The zero-order valence-electron chi connectivity index (χ0n) is 1.83. The molecular weight excluding hydrogens is 284 g/mol. The summed E-state index contributed by atoms with van der Waals surface area (Å²) < 4.78 is 0. The van der Waals surface area contributed by atoms with E-state index >= 15 is 0 Å². The Kier molecular flexibility index (Phi) is 45.8. The molecule has 0 atom stereocenters. The summed E-state index contributed by atoms with van der Waals surface area (Å²) >= 11 is 3.27. The van der Waals surface area contributed by atoms with Crippen LogP contribution in [-0.4, -0.2) is 0 Å². The van der Waals surface area contributed by atoms with E-state index in [1.54, 1.807) is 0 Å². The first-order valence-electron chi connectivity index (χ1n) is 0.412. The molecule has 0 unspecified atom stereocenters. The number of rotatable bonds is 0. The van der Waals surface area contributed by atoms with Crippen molar-refractivity contribution < 1.29 is 42.9 Å². The van der Waals surface area contributed by atoms with Gasteiger partial charge in [0.25, 0.3) is 0 Å². The quantitative estimate of drug-likeness (QED) is 0.615. The van der Waals surface area contributed by atoms with Gasteiger partial charge in [-0.15, -0.1) is 0 Å². The van der Waals surface area contributed by atoms with Crippen LogP contribution in [0.5, 0.6) is 0 Å². The standard InChI is InChI=1S/Ag.Cd.2S. The van der Waals surface area contributed by atoms with E-state index in [4.69, 9.17) is 0 Å². The van der Waals surface area contributed by atoms with E-state index in [1.807, 2.05) is 0 Å². The Morgan fingerprint density at radius 2 is 1.25 bits per heavy atom. The first kappa shape index (κ1) is 9.44. The minimum absolute atomic E-state index is 0.733. The maximum absolute atomic E-state index is 4.25. The second kappa shape index (κ2) is 19.4. The van der Waals surface area contributed by atoms with Crippen LogP contribution in [0.1, 0.15) is 0 Å². The Hall–Kier alpha value is 2.10. The van der Waals surface area contributed by atoms with Crippen molar-refractivity contribution in [3.05, 3.63) is 0 Å². The Bertz CT molecular complexity index is 8.00. The predicted molar refractivity (Wildman–Crippen MR) is 15.2 cm³/mol. The molecular formula is AgCdS2. The van der Waals surface area contributed by atoms with Gasteiger partial charge in [0.2, 0.25) is 0 Å². The van der Waals surface area contributed by atoms with E-state index in [-0.39, 0.29) is 0 Å². The molecule has 0 radical (unpaired) electrons. The van der Waals surface area contributed by atoms with Crippen LogP contribution in [-0.2, 0) is 42.9 Å². The Morgan fingerprint density at radius 1 is 1.25 bits per heavy atom. The topological polar surface area (TPSA) is 0 Å². The van der Waals surface area contributed by atoms with Gasteiger partial charge in [-0.25, -0.2) is 0 Å². The van der Waals surface area contributed by atoms with Gasteiger partial charge in [-0.2, -0.15) is 0 Å². The molecule has 4 heavy (non-hydrogen) atoms. The van der Waals surface area contributed by atoms with E-state index in [0.717, 1.165) is 23.7 Å². The molecule has 0 spiro atoms. The van der Waals surface area contributed by atoms with Gasteiger partial charge in [-0.05, 0) is 0 Å². The third-order valence-corrected chi connectivity index (χ3v) is 0. The van der Waals surface area contributed by atoms with Crippen LogP contribution in [0.3, 0.4) is 0 Å². The van der Waals surface area contributed by atoms with E-state index in [0.29, 0.717) is 0 Å². The summed E-state index contributed by atoms with van der Waals surface area (Å²) in [6.07, 6.45) is 0. The van der Waals surface area contributed by atoms with Crippen LogP contribution in [0.15, 0.2) is 0 Å².